The summed E-state index contributed by atoms with van der Waals surface area (Å²) in [6, 6.07) is 7.53. The predicted octanol–water partition coefficient (Wildman–Crippen LogP) is 3.84. The molecule has 1 fully saturated rings. The van der Waals surface area contributed by atoms with Crippen LogP contribution >= 0.6 is 23.1 Å². The maximum Gasteiger partial charge on any atom is 0.276 e. The standard InChI is InChI=1S/C19H22N4O3S2/c1-12-10-15(22-23(12)2)18(24)20-13-4-5-14-16(11-13)28-19(21-14)27-9-6-17-25-7-3-8-26-17/h4-5,10-11,17H,3,6-9H2,1-2H3,(H,20,24). The van der Waals surface area contributed by atoms with Crippen molar-refractivity contribution in [3.05, 3.63) is 35.7 Å². The number of fused-ring (bicyclic) bond motifs is 1. The molecule has 0 aliphatic carbocycles. The molecule has 2 aromatic heterocycles. The van der Waals surface area contributed by atoms with E-state index in [9.17, 15) is 4.79 Å². The summed E-state index contributed by atoms with van der Waals surface area (Å²) in [5.74, 6) is 0.683. The lowest BCUT2D eigenvalue weighted by atomic mass is 10.3. The van der Waals surface area contributed by atoms with Crippen LogP contribution < -0.4 is 5.32 Å². The molecule has 3 heterocycles. The molecule has 0 radical (unpaired) electrons. The minimum absolute atomic E-state index is 0.0901. The molecule has 1 aliphatic rings. The van der Waals surface area contributed by atoms with Crippen LogP contribution in [0.1, 0.15) is 29.0 Å². The van der Waals surface area contributed by atoms with Crippen LogP contribution in [0.3, 0.4) is 0 Å². The Balaban J connectivity index is 1.37. The highest BCUT2D eigenvalue weighted by atomic mass is 32.2. The molecule has 28 heavy (non-hydrogen) atoms. The third-order valence-corrected chi connectivity index (χ3v) is 6.64. The fraction of sp³-hybridized carbons (Fsp3) is 0.421. The van der Waals surface area contributed by atoms with Gasteiger partial charge in [0.1, 0.15) is 0 Å². The molecule has 148 valence electrons. The third kappa shape index (κ3) is 4.54. The van der Waals surface area contributed by atoms with Crippen molar-refractivity contribution in [3.63, 3.8) is 0 Å². The van der Waals surface area contributed by atoms with Gasteiger partial charge in [-0.2, -0.15) is 5.10 Å². The monoisotopic (exact) mass is 418 g/mol. The van der Waals surface area contributed by atoms with Gasteiger partial charge in [-0.1, -0.05) is 11.8 Å². The van der Waals surface area contributed by atoms with E-state index in [-0.39, 0.29) is 12.2 Å². The zero-order valence-electron chi connectivity index (χ0n) is 15.8. The van der Waals surface area contributed by atoms with E-state index < -0.39 is 0 Å². The Morgan fingerprint density at radius 3 is 2.93 bits per heavy atom. The van der Waals surface area contributed by atoms with Crippen molar-refractivity contribution in [2.45, 2.75) is 30.4 Å². The van der Waals surface area contributed by atoms with Crippen LogP contribution in [0, 0.1) is 6.92 Å². The molecule has 0 unspecified atom stereocenters. The first-order chi connectivity index (χ1) is 13.6. The molecule has 4 rings (SSSR count). The number of aromatic nitrogens is 3. The van der Waals surface area contributed by atoms with Gasteiger partial charge >= 0.3 is 0 Å². The highest BCUT2D eigenvalue weighted by Crippen LogP contribution is 2.32. The van der Waals surface area contributed by atoms with Gasteiger partial charge in [-0.15, -0.1) is 11.3 Å². The Morgan fingerprint density at radius 2 is 2.18 bits per heavy atom. The van der Waals surface area contributed by atoms with Crippen molar-refractivity contribution in [1.29, 1.82) is 0 Å². The van der Waals surface area contributed by atoms with E-state index >= 15 is 0 Å². The molecule has 1 N–H and O–H groups in total. The largest absolute Gasteiger partial charge is 0.353 e. The van der Waals surface area contributed by atoms with Crippen LogP contribution in [-0.2, 0) is 16.5 Å². The second kappa shape index (κ2) is 8.60. The van der Waals surface area contributed by atoms with Gasteiger partial charge < -0.3 is 14.8 Å². The Morgan fingerprint density at radius 1 is 1.36 bits per heavy atom. The molecular formula is C19H22N4O3S2. The van der Waals surface area contributed by atoms with Gasteiger partial charge in [0.15, 0.2) is 16.3 Å². The van der Waals surface area contributed by atoms with Crippen molar-refractivity contribution >= 4 is 44.9 Å². The topological polar surface area (TPSA) is 78.3 Å². The SMILES string of the molecule is Cc1cc(C(=O)Nc2ccc3nc(SCCC4OCCCO4)sc3c2)nn1C. The number of carbonyl (C=O) groups is 1. The number of thioether (sulfide) groups is 1. The van der Waals surface area contributed by atoms with Crippen LogP contribution in [0.25, 0.3) is 10.2 Å². The summed E-state index contributed by atoms with van der Waals surface area (Å²) in [7, 11) is 1.82. The molecule has 3 aromatic rings. The average molecular weight is 419 g/mol. The summed E-state index contributed by atoms with van der Waals surface area (Å²) in [4.78, 5) is 17.0. The van der Waals surface area contributed by atoms with Gasteiger partial charge in [-0.3, -0.25) is 9.48 Å². The molecular weight excluding hydrogens is 396 g/mol. The lowest BCUT2D eigenvalue weighted by Gasteiger charge is -2.22. The van der Waals surface area contributed by atoms with Gasteiger partial charge in [0.05, 0.1) is 23.4 Å². The second-order valence-corrected chi connectivity index (χ2v) is 8.95. The molecule has 0 spiro atoms. The van der Waals surface area contributed by atoms with E-state index in [2.05, 4.69) is 15.4 Å². The van der Waals surface area contributed by atoms with E-state index in [1.165, 1.54) is 0 Å². The van der Waals surface area contributed by atoms with Crippen LogP contribution in [0.5, 0.6) is 0 Å². The van der Waals surface area contributed by atoms with Crippen molar-refractivity contribution in [3.8, 4) is 0 Å². The van der Waals surface area contributed by atoms with Crippen molar-refractivity contribution in [2.24, 2.45) is 7.05 Å². The number of aryl methyl sites for hydroxylation is 2. The lowest BCUT2D eigenvalue weighted by Crippen LogP contribution is -2.25. The van der Waals surface area contributed by atoms with Crippen molar-refractivity contribution in [1.82, 2.24) is 14.8 Å². The number of carbonyl (C=O) groups excluding carboxylic acids is 1. The first-order valence-corrected chi connectivity index (χ1v) is 11.0. The average Bonchev–Trinajstić information content (AvgIpc) is 3.25. The summed E-state index contributed by atoms with van der Waals surface area (Å²) in [5, 5.41) is 7.13. The van der Waals surface area contributed by atoms with E-state index in [1.54, 1.807) is 33.8 Å². The summed E-state index contributed by atoms with van der Waals surface area (Å²) in [6.07, 6.45) is 1.74. The van der Waals surface area contributed by atoms with Crippen LogP contribution in [-0.4, -0.2) is 45.9 Å². The number of anilines is 1. The fourth-order valence-corrected chi connectivity index (χ4v) is 4.99. The number of benzene rings is 1. The molecule has 1 amide bonds. The Labute approximate surface area is 171 Å². The number of ether oxygens (including phenoxy) is 2. The molecule has 0 bridgehead atoms. The fourth-order valence-electron chi connectivity index (χ4n) is 2.86. The number of hydrogen-bond donors (Lipinski definition) is 1. The first-order valence-electron chi connectivity index (χ1n) is 9.17. The van der Waals surface area contributed by atoms with Gasteiger partial charge in [0.2, 0.25) is 0 Å². The number of hydrogen-bond acceptors (Lipinski definition) is 7. The molecule has 1 aliphatic heterocycles. The Kier molecular flexibility index (Phi) is 5.96. The zero-order chi connectivity index (χ0) is 19.5. The molecule has 0 saturated carbocycles. The highest BCUT2D eigenvalue weighted by Gasteiger charge is 2.15. The van der Waals surface area contributed by atoms with Crippen molar-refractivity contribution in [2.75, 3.05) is 24.3 Å². The van der Waals surface area contributed by atoms with E-state index in [0.717, 1.165) is 57.7 Å². The van der Waals surface area contributed by atoms with Crippen molar-refractivity contribution < 1.29 is 14.3 Å². The van der Waals surface area contributed by atoms with Crippen LogP contribution in [0.4, 0.5) is 5.69 Å². The predicted molar refractivity (Wildman–Crippen MR) is 111 cm³/mol. The van der Waals surface area contributed by atoms with E-state index in [1.807, 2.05) is 32.2 Å². The molecule has 9 heteroatoms. The van der Waals surface area contributed by atoms with Gasteiger partial charge in [0, 0.05) is 30.6 Å². The maximum atomic E-state index is 12.4. The Bertz CT molecular complexity index is 959. The number of rotatable bonds is 6. The lowest BCUT2D eigenvalue weighted by molar-refractivity contribution is -0.178. The normalized spacial score (nSPS) is 15.2. The molecule has 1 aromatic carbocycles. The van der Waals surface area contributed by atoms with E-state index in [0.29, 0.717) is 5.69 Å². The molecule has 0 atom stereocenters. The zero-order valence-corrected chi connectivity index (χ0v) is 17.4. The number of nitrogens with one attached hydrogen (secondary N) is 1. The van der Waals surface area contributed by atoms with Crippen LogP contribution in [0.2, 0.25) is 0 Å². The van der Waals surface area contributed by atoms with Gasteiger partial charge in [-0.05, 0) is 37.6 Å². The summed E-state index contributed by atoms with van der Waals surface area (Å²) >= 11 is 3.33. The maximum absolute atomic E-state index is 12.4. The van der Waals surface area contributed by atoms with Crippen LogP contribution in [0.15, 0.2) is 28.6 Å². The number of amides is 1. The van der Waals surface area contributed by atoms with Gasteiger partial charge in [-0.25, -0.2) is 4.98 Å². The summed E-state index contributed by atoms with van der Waals surface area (Å²) < 4.78 is 14.9. The second-order valence-electron chi connectivity index (χ2n) is 6.57. The Hall–Kier alpha value is -1.94. The summed E-state index contributed by atoms with van der Waals surface area (Å²) in [5.41, 5.74) is 3.02. The highest BCUT2D eigenvalue weighted by molar-refractivity contribution is 8.01. The van der Waals surface area contributed by atoms with E-state index in [4.69, 9.17) is 9.47 Å². The third-order valence-electron chi connectivity index (χ3n) is 4.45. The summed E-state index contributed by atoms with van der Waals surface area (Å²) in [6.45, 7) is 3.48. The van der Waals surface area contributed by atoms with Gasteiger partial charge in [0.25, 0.3) is 5.91 Å². The molecule has 1 saturated heterocycles. The quantitative estimate of drug-likeness (QED) is 0.613. The number of thiazole rings is 1. The minimum atomic E-state index is -0.213. The number of nitrogens with zero attached hydrogens (tertiary/aromatic N) is 3. The smallest absolute Gasteiger partial charge is 0.276 e. The molecule has 7 nitrogen and oxygen atoms in total. The minimum Gasteiger partial charge on any atom is -0.353 e. The first kappa shape index (κ1) is 19.4.